The molecule has 0 aromatic carbocycles. The number of nitrogens with zero attached hydrogens (tertiary/aromatic N) is 1. The highest BCUT2D eigenvalue weighted by Gasteiger charge is 1.98. The van der Waals surface area contributed by atoms with Gasteiger partial charge in [0, 0.05) is 0 Å². The van der Waals surface area contributed by atoms with E-state index in [2.05, 4.69) is 0 Å². The zero-order valence-corrected chi connectivity index (χ0v) is 3.33. The molecule has 40 valence electrons. The number of carbonyl (C=O) groups is 1. The molecule has 0 aromatic heterocycles. The minimum absolute atomic E-state index is 0.278. The largest absolute Gasteiger partial charge is 0.313 e. The highest BCUT2D eigenvalue weighted by Crippen LogP contribution is 1.66. The third kappa shape index (κ3) is 1.85. The van der Waals surface area contributed by atoms with Crippen molar-refractivity contribution in [3.8, 4) is 0 Å². The molecule has 0 heterocycles. The molecule has 0 saturated heterocycles. The second-order valence-corrected chi connectivity index (χ2v) is 0.772. The van der Waals surface area contributed by atoms with Crippen molar-refractivity contribution in [3.63, 3.8) is 0 Å². The van der Waals surface area contributed by atoms with E-state index in [1.807, 2.05) is 0 Å². The minimum Gasteiger partial charge on any atom is -0.303 e. The second kappa shape index (κ2) is 2.27. The Bertz CT molecular complexity index is 88.9. The van der Waals surface area contributed by atoms with Gasteiger partial charge in [-0.3, -0.25) is 15.2 Å². The number of nitrogens with one attached hydrogen (secondary N) is 1. The summed E-state index contributed by atoms with van der Waals surface area (Å²) in [5.74, 6) is -1.17. The standard InChI is InChI=1S/C2H4N2O3/c3-1-2(5)4(6)7/h1,3,6-7H. The van der Waals surface area contributed by atoms with E-state index in [-0.39, 0.29) is 6.21 Å². The first kappa shape index (κ1) is 6.06. The maximum Gasteiger partial charge on any atom is 0.313 e. The van der Waals surface area contributed by atoms with E-state index >= 15 is 0 Å². The molecule has 0 aliphatic carbocycles. The normalized spacial score (nSPS) is 7.71. The Morgan fingerprint density at radius 1 is 1.71 bits per heavy atom. The number of hydroxylamine groups is 2. The molecule has 0 radical (unpaired) electrons. The molecule has 0 aliphatic heterocycles. The first-order valence-electron chi connectivity index (χ1n) is 1.41. The van der Waals surface area contributed by atoms with Gasteiger partial charge in [0.1, 0.15) is 0 Å². The fourth-order valence-corrected chi connectivity index (χ4v) is 0.0577. The van der Waals surface area contributed by atoms with Crippen LogP contribution in [0.1, 0.15) is 0 Å². The predicted molar refractivity (Wildman–Crippen MR) is 19.2 cm³/mol. The zero-order chi connectivity index (χ0) is 5.86. The summed E-state index contributed by atoms with van der Waals surface area (Å²) in [7, 11) is 0. The van der Waals surface area contributed by atoms with Crippen LogP contribution in [0.5, 0.6) is 0 Å². The highest BCUT2D eigenvalue weighted by atomic mass is 16.8. The van der Waals surface area contributed by atoms with Gasteiger partial charge in [-0.05, 0) is 0 Å². The lowest BCUT2D eigenvalue weighted by Gasteiger charge is -1.97. The molecule has 0 unspecified atom stereocenters. The van der Waals surface area contributed by atoms with E-state index in [0.29, 0.717) is 0 Å². The van der Waals surface area contributed by atoms with Gasteiger partial charge in [0.05, 0.1) is 6.21 Å². The molecule has 0 rings (SSSR count). The summed E-state index contributed by atoms with van der Waals surface area (Å²) in [4.78, 5) is 9.69. The number of rotatable bonds is 1. The molecule has 3 N–H and O–H groups in total. The van der Waals surface area contributed by atoms with Gasteiger partial charge in [-0.2, -0.15) is 0 Å². The van der Waals surface area contributed by atoms with Gasteiger partial charge in [0.2, 0.25) is 0 Å². The molecule has 1 amide bonds. The van der Waals surface area contributed by atoms with Crippen molar-refractivity contribution in [2.45, 2.75) is 0 Å². The van der Waals surface area contributed by atoms with Gasteiger partial charge >= 0.3 is 5.91 Å². The SMILES string of the molecule is N=CC(=O)N(O)O. The average molecular weight is 104 g/mol. The molecular formula is C2H4N2O3. The Kier molecular flexibility index (Phi) is 1.97. The molecule has 5 heteroatoms. The average Bonchev–Trinajstić information content (AvgIpc) is 1.65. The smallest absolute Gasteiger partial charge is 0.303 e. The topological polar surface area (TPSA) is 84.6 Å². The number of hydrogen-bond acceptors (Lipinski definition) is 4. The Morgan fingerprint density at radius 3 is 2.14 bits per heavy atom. The van der Waals surface area contributed by atoms with Crippen molar-refractivity contribution in [2.24, 2.45) is 0 Å². The molecule has 7 heavy (non-hydrogen) atoms. The van der Waals surface area contributed by atoms with E-state index < -0.39 is 11.1 Å². The van der Waals surface area contributed by atoms with Crippen LogP contribution in [0.4, 0.5) is 0 Å². The summed E-state index contributed by atoms with van der Waals surface area (Å²) in [6, 6.07) is 0. The van der Waals surface area contributed by atoms with Crippen molar-refractivity contribution in [3.05, 3.63) is 0 Å². The summed E-state index contributed by atoms with van der Waals surface area (Å²) >= 11 is 0. The molecule has 0 aromatic rings. The van der Waals surface area contributed by atoms with Crippen molar-refractivity contribution in [1.29, 1.82) is 5.41 Å². The third-order valence-electron chi connectivity index (χ3n) is 0.321. The van der Waals surface area contributed by atoms with Crippen LogP contribution in [0.15, 0.2) is 0 Å². The minimum atomic E-state index is -1.17. The Balaban J connectivity index is 3.56. The molecular weight excluding hydrogens is 100 g/mol. The number of hydrogen-bond donors (Lipinski definition) is 3. The lowest BCUT2D eigenvalue weighted by Crippen LogP contribution is -2.23. The maximum atomic E-state index is 9.69. The fraction of sp³-hybridized carbons (Fsp3) is 0. The predicted octanol–water partition coefficient (Wildman–Crippen LogP) is -0.757. The van der Waals surface area contributed by atoms with Crippen LogP contribution in [0, 0.1) is 5.41 Å². The van der Waals surface area contributed by atoms with E-state index in [0.717, 1.165) is 0 Å². The number of carbonyl (C=O) groups excluding carboxylic acids is 1. The summed E-state index contributed by atoms with van der Waals surface area (Å²) < 4.78 is 0. The molecule has 0 atom stereocenters. The van der Waals surface area contributed by atoms with Gasteiger partial charge in [0.25, 0.3) is 0 Å². The van der Waals surface area contributed by atoms with Crippen LogP contribution in [0.2, 0.25) is 0 Å². The molecule has 0 aliphatic rings. The Labute approximate surface area is 39.2 Å². The van der Waals surface area contributed by atoms with Crippen molar-refractivity contribution >= 4 is 12.1 Å². The zero-order valence-electron chi connectivity index (χ0n) is 3.33. The quantitative estimate of drug-likeness (QED) is 0.232. The highest BCUT2D eigenvalue weighted by molar-refractivity contribution is 6.23. The van der Waals surface area contributed by atoms with Crippen LogP contribution in [-0.2, 0) is 4.79 Å². The fourth-order valence-electron chi connectivity index (χ4n) is 0.0577. The third-order valence-corrected chi connectivity index (χ3v) is 0.321. The Morgan fingerprint density at radius 2 is 2.14 bits per heavy atom. The monoisotopic (exact) mass is 104 g/mol. The van der Waals surface area contributed by atoms with Crippen LogP contribution in [0.25, 0.3) is 0 Å². The van der Waals surface area contributed by atoms with E-state index in [9.17, 15) is 4.79 Å². The van der Waals surface area contributed by atoms with Crippen molar-refractivity contribution in [2.75, 3.05) is 0 Å². The van der Waals surface area contributed by atoms with Gasteiger partial charge in [-0.1, -0.05) is 5.23 Å². The summed E-state index contributed by atoms with van der Waals surface area (Å²) in [5.41, 5.74) is 0. The van der Waals surface area contributed by atoms with E-state index in [1.54, 1.807) is 0 Å². The van der Waals surface area contributed by atoms with Crippen LogP contribution >= 0.6 is 0 Å². The van der Waals surface area contributed by atoms with Crippen molar-refractivity contribution in [1.82, 2.24) is 5.23 Å². The molecule has 0 saturated carbocycles. The van der Waals surface area contributed by atoms with Gasteiger partial charge in [-0.25, -0.2) is 0 Å². The molecule has 5 nitrogen and oxygen atoms in total. The van der Waals surface area contributed by atoms with Crippen LogP contribution in [0.3, 0.4) is 0 Å². The molecule has 0 bridgehead atoms. The Hall–Kier alpha value is -0.940. The lowest BCUT2D eigenvalue weighted by atomic mass is 10.7. The summed E-state index contributed by atoms with van der Waals surface area (Å²) in [6.45, 7) is 0. The second-order valence-electron chi connectivity index (χ2n) is 0.772. The van der Waals surface area contributed by atoms with E-state index in [4.69, 9.17) is 15.8 Å². The lowest BCUT2D eigenvalue weighted by molar-refractivity contribution is -0.278. The van der Waals surface area contributed by atoms with Gasteiger partial charge in [0.15, 0.2) is 0 Å². The molecule has 0 spiro atoms. The number of amides is 1. The van der Waals surface area contributed by atoms with E-state index in [1.165, 1.54) is 0 Å². The van der Waals surface area contributed by atoms with Gasteiger partial charge in [-0.15, -0.1) is 0 Å². The molecule has 0 fully saturated rings. The first-order chi connectivity index (χ1) is 3.18. The van der Waals surface area contributed by atoms with Crippen LogP contribution in [-0.4, -0.2) is 27.8 Å². The van der Waals surface area contributed by atoms with Gasteiger partial charge < -0.3 is 5.41 Å². The van der Waals surface area contributed by atoms with Crippen molar-refractivity contribution < 1.29 is 15.2 Å². The van der Waals surface area contributed by atoms with Crippen LogP contribution < -0.4 is 0 Å². The first-order valence-corrected chi connectivity index (χ1v) is 1.41. The summed E-state index contributed by atoms with van der Waals surface area (Å²) in [6.07, 6.45) is 0.278. The summed E-state index contributed by atoms with van der Waals surface area (Å²) in [5, 5.41) is 20.9. The maximum absolute atomic E-state index is 9.69.